The molecule has 0 aliphatic heterocycles. The quantitative estimate of drug-likeness (QED) is 0.843. The van der Waals surface area contributed by atoms with Crippen LogP contribution >= 0.6 is 0 Å². The van der Waals surface area contributed by atoms with Crippen LogP contribution < -0.4 is 10.1 Å². The van der Waals surface area contributed by atoms with Gasteiger partial charge >= 0.3 is 0 Å². The molecule has 20 heavy (non-hydrogen) atoms. The molecule has 0 aliphatic rings. The predicted octanol–water partition coefficient (Wildman–Crippen LogP) is 2.80. The zero-order valence-corrected chi connectivity index (χ0v) is 12.5. The molecule has 0 saturated carbocycles. The number of ether oxygens (including phenoxy) is 1. The molecule has 0 amide bonds. The summed E-state index contributed by atoms with van der Waals surface area (Å²) in [6.45, 7) is 5.77. The predicted molar refractivity (Wildman–Crippen MR) is 81.0 cm³/mol. The second-order valence-electron chi connectivity index (χ2n) is 4.68. The average Bonchev–Trinajstić information content (AvgIpc) is 2.92. The van der Waals surface area contributed by atoms with Gasteiger partial charge in [0.05, 0.1) is 6.61 Å². The fraction of sp³-hybridized carbons (Fsp3) is 0.438. The monoisotopic (exact) mass is 273 g/mol. The maximum absolute atomic E-state index is 5.57. The summed E-state index contributed by atoms with van der Waals surface area (Å²) in [5.74, 6) is 2.03. The minimum atomic E-state index is 0.239. The molecule has 108 valence electrons. The molecular formula is C16H23N3O. The van der Waals surface area contributed by atoms with Gasteiger partial charge in [-0.25, -0.2) is 4.98 Å². The van der Waals surface area contributed by atoms with Crippen LogP contribution in [0.25, 0.3) is 0 Å². The van der Waals surface area contributed by atoms with Crippen molar-refractivity contribution in [3.63, 3.8) is 0 Å². The van der Waals surface area contributed by atoms with Crippen LogP contribution in [0.1, 0.15) is 31.3 Å². The van der Waals surface area contributed by atoms with E-state index >= 15 is 0 Å². The highest BCUT2D eigenvalue weighted by atomic mass is 16.5. The molecule has 0 saturated heterocycles. The van der Waals surface area contributed by atoms with E-state index in [1.54, 1.807) is 0 Å². The Labute approximate surface area is 120 Å². The van der Waals surface area contributed by atoms with Gasteiger partial charge in [-0.3, -0.25) is 0 Å². The van der Waals surface area contributed by atoms with E-state index in [9.17, 15) is 0 Å². The molecule has 0 bridgehead atoms. The number of imidazole rings is 1. The number of aryl methyl sites for hydroxylation is 1. The normalized spacial score (nSPS) is 12.3. The lowest BCUT2D eigenvalue weighted by Gasteiger charge is -2.18. The second-order valence-corrected chi connectivity index (χ2v) is 4.68. The Morgan fingerprint density at radius 2 is 2.20 bits per heavy atom. The summed E-state index contributed by atoms with van der Waals surface area (Å²) in [4.78, 5) is 4.45. The molecule has 1 aromatic carbocycles. The Hall–Kier alpha value is -1.81. The SMILES string of the molecule is CCOc1cccc(C(Cc2nccn2CC)NC)c1. The standard InChI is InChI=1S/C16H23N3O/c1-4-19-10-9-18-16(19)12-15(17-3)13-7-6-8-14(11-13)20-5-2/h6-11,15,17H,4-5,12H2,1-3H3. The van der Waals surface area contributed by atoms with Gasteiger partial charge in [0.25, 0.3) is 0 Å². The molecule has 0 spiro atoms. The van der Waals surface area contributed by atoms with Gasteiger partial charge in [-0.1, -0.05) is 12.1 Å². The molecule has 4 nitrogen and oxygen atoms in total. The second kappa shape index (κ2) is 7.10. The third kappa shape index (κ3) is 3.39. The number of nitrogens with one attached hydrogen (secondary N) is 1. The van der Waals surface area contributed by atoms with E-state index in [0.29, 0.717) is 6.61 Å². The number of hydrogen-bond acceptors (Lipinski definition) is 3. The Morgan fingerprint density at radius 3 is 2.90 bits per heavy atom. The van der Waals surface area contributed by atoms with E-state index in [-0.39, 0.29) is 6.04 Å². The van der Waals surface area contributed by atoms with E-state index in [1.165, 1.54) is 5.56 Å². The Kier molecular flexibility index (Phi) is 5.18. The Morgan fingerprint density at radius 1 is 1.35 bits per heavy atom. The molecule has 1 unspecified atom stereocenters. The summed E-state index contributed by atoms with van der Waals surface area (Å²) in [6, 6.07) is 8.50. The lowest BCUT2D eigenvalue weighted by atomic mass is 10.0. The molecule has 0 fully saturated rings. The van der Waals surface area contributed by atoms with Crippen LogP contribution in [0.2, 0.25) is 0 Å². The van der Waals surface area contributed by atoms with Crippen LogP contribution in [0.4, 0.5) is 0 Å². The smallest absolute Gasteiger partial charge is 0.119 e. The minimum Gasteiger partial charge on any atom is -0.494 e. The summed E-state index contributed by atoms with van der Waals surface area (Å²) in [7, 11) is 1.98. The van der Waals surface area contributed by atoms with E-state index in [1.807, 2.05) is 38.5 Å². The van der Waals surface area contributed by atoms with Gasteiger partial charge in [0.2, 0.25) is 0 Å². The number of aromatic nitrogens is 2. The van der Waals surface area contributed by atoms with Crippen LogP contribution in [-0.2, 0) is 13.0 Å². The average molecular weight is 273 g/mol. The van der Waals surface area contributed by atoms with Gasteiger partial charge in [-0.15, -0.1) is 0 Å². The molecule has 1 N–H and O–H groups in total. The summed E-state index contributed by atoms with van der Waals surface area (Å²) >= 11 is 0. The van der Waals surface area contributed by atoms with E-state index < -0.39 is 0 Å². The molecule has 0 aliphatic carbocycles. The zero-order valence-electron chi connectivity index (χ0n) is 12.5. The molecule has 1 atom stereocenters. The van der Waals surface area contributed by atoms with Crippen molar-refractivity contribution in [2.24, 2.45) is 0 Å². The molecular weight excluding hydrogens is 250 g/mol. The third-order valence-electron chi connectivity index (χ3n) is 3.45. The molecule has 4 heteroatoms. The van der Waals surface area contributed by atoms with Crippen LogP contribution in [0, 0.1) is 0 Å². The topological polar surface area (TPSA) is 39.1 Å². The molecule has 1 heterocycles. The van der Waals surface area contributed by atoms with Gasteiger partial charge in [-0.2, -0.15) is 0 Å². The van der Waals surface area contributed by atoms with Crippen LogP contribution in [0.3, 0.4) is 0 Å². The first kappa shape index (κ1) is 14.6. The maximum Gasteiger partial charge on any atom is 0.119 e. The van der Waals surface area contributed by atoms with Gasteiger partial charge in [0.15, 0.2) is 0 Å². The van der Waals surface area contributed by atoms with Crippen LogP contribution in [-0.4, -0.2) is 23.2 Å². The summed E-state index contributed by atoms with van der Waals surface area (Å²) in [5.41, 5.74) is 1.23. The van der Waals surface area contributed by atoms with Gasteiger partial charge in [-0.05, 0) is 38.6 Å². The van der Waals surface area contributed by atoms with Crippen molar-refractivity contribution in [2.45, 2.75) is 32.9 Å². The summed E-state index contributed by atoms with van der Waals surface area (Å²) in [6.07, 6.45) is 4.76. The first-order chi connectivity index (χ1) is 9.78. The first-order valence-corrected chi connectivity index (χ1v) is 7.18. The lowest BCUT2D eigenvalue weighted by molar-refractivity contribution is 0.339. The number of benzene rings is 1. The van der Waals surface area contributed by atoms with E-state index in [2.05, 4.69) is 33.9 Å². The van der Waals surface area contributed by atoms with Crippen molar-refractivity contribution in [2.75, 3.05) is 13.7 Å². The molecule has 1 aromatic heterocycles. The lowest BCUT2D eigenvalue weighted by Crippen LogP contribution is -2.20. The molecule has 0 radical (unpaired) electrons. The highest BCUT2D eigenvalue weighted by molar-refractivity contribution is 5.31. The Bertz CT molecular complexity index is 536. The minimum absolute atomic E-state index is 0.239. The largest absolute Gasteiger partial charge is 0.494 e. The molecule has 2 rings (SSSR count). The zero-order chi connectivity index (χ0) is 14.4. The number of hydrogen-bond donors (Lipinski definition) is 1. The number of nitrogens with zero attached hydrogens (tertiary/aromatic N) is 2. The third-order valence-corrected chi connectivity index (χ3v) is 3.45. The summed E-state index contributed by atoms with van der Waals surface area (Å²) < 4.78 is 7.75. The summed E-state index contributed by atoms with van der Waals surface area (Å²) in [5, 5.41) is 3.37. The van der Waals surface area contributed by atoms with E-state index in [4.69, 9.17) is 4.74 Å². The number of rotatable bonds is 7. The van der Waals surface area contributed by atoms with Gasteiger partial charge < -0.3 is 14.6 Å². The molecule has 2 aromatic rings. The fourth-order valence-electron chi connectivity index (χ4n) is 2.37. The van der Waals surface area contributed by atoms with Crippen molar-refractivity contribution in [1.29, 1.82) is 0 Å². The van der Waals surface area contributed by atoms with Crippen molar-refractivity contribution in [3.05, 3.63) is 48.0 Å². The van der Waals surface area contributed by atoms with Crippen molar-refractivity contribution in [1.82, 2.24) is 14.9 Å². The number of likely N-dealkylation sites (N-methyl/N-ethyl adjacent to an activating group) is 1. The fourth-order valence-corrected chi connectivity index (χ4v) is 2.37. The van der Waals surface area contributed by atoms with Crippen LogP contribution in [0.5, 0.6) is 5.75 Å². The highest BCUT2D eigenvalue weighted by Gasteiger charge is 2.13. The van der Waals surface area contributed by atoms with Crippen molar-refractivity contribution in [3.8, 4) is 5.75 Å². The van der Waals surface area contributed by atoms with Crippen LogP contribution in [0.15, 0.2) is 36.7 Å². The van der Waals surface area contributed by atoms with Gasteiger partial charge in [0.1, 0.15) is 11.6 Å². The first-order valence-electron chi connectivity index (χ1n) is 7.18. The Balaban J connectivity index is 2.17. The van der Waals surface area contributed by atoms with Gasteiger partial charge in [0, 0.05) is 31.4 Å². The maximum atomic E-state index is 5.57. The van der Waals surface area contributed by atoms with Crippen molar-refractivity contribution >= 4 is 0 Å². The highest BCUT2D eigenvalue weighted by Crippen LogP contribution is 2.22. The van der Waals surface area contributed by atoms with Crippen molar-refractivity contribution < 1.29 is 4.74 Å². The van der Waals surface area contributed by atoms with E-state index in [0.717, 1.165) is 24.5 Å².